The second-order valence-electron chi connectivity index (χ2n) is 9.28. The predicted molar refractivity (Wildman–Crippen MR) is 108 cm³/mol. The molecular formula is C23H30N2O4. The van der Waals surface area contributed by atoms with Gasteiger partial charge in [0.1, 0.15) is 5.75 Å². The summed E-state index contributed by atoms with van der Waals surface area (Å²) in [5, 5.41) is 3.14. The average Bonchev–Trinajstić information content (AvgIpc) is 3.39. The Morgan fingerprint density at radius 2 is 1.79 bits per heavy atom. The Morgan fingerprint density at radius 3 is 2.41 bits per heavy atom. The SMILES string of the molecule is COC1CCC2(CC1)Cc1ccc(OC3CCCC3)cc1C21NC(=O)N(C)C1=O. The summed E-state index contributed by atoms with van der Waals surface area (Å²) in [5.74, 6) is 0.685. The molecule has 4 aliphatic rings. The van der Waals surface area contributed by atoms with Crippen molar-refractivity contribution in [2.24, 2.45) is 5.41 Å². The van der Waals surface area contributed by atoms with Crippen molar-refractivity contribution in [3.63, 3.8) is 0 Å². The van der Waals surface area contributed by atoms with Gasteiger partial charge in [0.15, 0.2) is 5.54 Å². The first-order valence-corrected chi connectivity index (χ1v) is 10.9. The topological polar surface area (TPSA) is 67.9 Å². The zero-order chi connectivity index (χ0) is 20.2. The molecule has 3 aliphatic carbocycles. The summed E-state index contributed by atoms with van der Waals surface area (Å²) in [6.45, 7) is 0. The third kappa shape index (κ3) is 2.64. The molecule has 3 amide bonds. The molecule has 1 atom stereocenters. The Balaban J connectivity index is 1.56. The Labute approximate surface area is 171 Å². The van der Waals surface area contributed by atoms with Crippen LogP contribution in [-0.4, -0.2) is 43.2 Å². The van der Waals surface area contributed by atoms with E-state index in [0.29, 0.717) is 0 Å². The number of imide groups is 1. The van der Waals surface area contributed by atoms with E-state index < -0.39 is 5.54 Å². The number of methoxy groups -OCH3 is 1. The Bertz CT molecular complexity index is 839. The molecular weight excluding hydrogens is 368 g/mol. The lowest BCUT2D eigenvalue weighted by atomic mass is 9.61. The molecule has 1 aromatic rings. The summed E-state index contributed by atoms with van der Waals surface area (Å²) < 4.78 is 11.8. The van der Waals surface area contributed by atoms with Crippen molar-refractivity contribution in [3.05, 3.63) is 29.3 Å². The number of nitrogens with one attached hydrogen (secondary N) is 1. The van der Waals surface area contributed by atoms with Crippen molar-refractivity contribution >= 4 is 11.9 Å². The Hall–Kier alpha value is -2.08. The molecule has 3 fully saturated rings. The van der Waals surface area contributed by atoms with Gasteiger partial charge in [-0.2, -0.15) is 0 Å². The Morgan fingerprint density at radius 1 is 1.07 bits per heavy atom. The fraction of sp³-hybridized carbons (Fsp3) is 0.652. The van der Waals surface area contributed by atoms with Gasteiger partial charge < -0.3 is 14.8 Å². The molecule has 1 unspecified atom stereocenters. The zero-order valence-corrected chi connectivity index (χ0v) is 17.3. The molecule has 29 heavy (non-hydrogen) atoms. The minimum absolute atomic E-state index is 0.130. The van der Waals surface area contributed by atoms with E-state index in [0.717, 1.165) is 61.8 Å². The molecule has 6 nitrogen and oxygen atoms in total. The van der Waals surface area contributed by atoms with Gasteiger partial charge in [0.05, 0.1) is 12.2 Å². The molecule has 1 aliphatic heterocycles. The maximum atomic E-state index is 13.6. The zero-order valence-electron chi connectivity index (χ0n) is 17.3. The van der Waals surface area contributed by atoms with Crippen LogP contribution in [0.3, 0.4) is 0 Å². The van der Waals surface area contributed by atoms with E-state index >= 15 is 0 Å². The van der Waals surface area contributed by atoms with E-state index in [2.05, 4.69) is 11.4 Å². The summed E-state index contributed by atoms with van der Waals surface area (Å²) >= 11 is 0. The van der Waals surface area contributed by atoms with Crippen molar-refractivity contribution < 1.29 is 19.1 Å². The molecule has 1 heterocycles. The minimum atomic E-state index is -0.984. The largest absolute Gasteiger partial charge is 0.490 e. The quantitative estimate of drug-likeness (QED) is 0.791. The lowest BCUT2D eigenvalue weighted by Crippen LogP contribution is -2.56. The van der Waals surface area contributed by atoms with Crippen LogP contribution in [0.25, 0.3) is 0 Å². The summed E-state index contributed by atoms with van der Waals surface area (Å²) in [6, 6.07) is 5.87. The minimum Gasteiger partial charge on any atom is -0.490 e. The highest BCUT2D eigenvalue weighted by Crippen LogP contribution is 2.60. The van der Waals surface area contributed by atoms with Crippen LogP contribution in [0.2, 0.25) is 0 Å². The van der Waals surface area contributed by atoms with Gasteiger partial charge >= 0.3 is 6.03 Å². The number of benzene rings is 1. The van der Waals surface area contributed by atoms with Gasteiger partial charge in [-0.05, 0) is 81.0 Å². The Kier molecular flexibility index (Phi) is 4.39. The third-order valence-corrected chi connectivity index (χ3v) is 7.86. The van der Waals surface area contributed by atoms with Crippen LogP contribution in [-0.2, 0) is 21.5 Å². The maximum absolute atomic E-state index is 13.6. The van der Waals surface area contributed by atoms with Gasteiger partial charge in [-0.1, -0.05) is 6.07 Å². The van der Waals surface area contributed by atoms with E-state index in [-0.39, 0.29) is 29.6 Å². The summed E-state index contributed by atoms with van der Waals surface area (Å²) in [7, 11) is 3.34. The van der Waals surface area contributed by atoms with Gasteiger partial charge in [-0.25, -0.2) is 4.79 Å². The molecule has 2 saturated carbocycles. The monoisotopic (exact) mass is 398 g/mol. The van der Waals surface area contributed by atoms with E-state index in [4.69, 9.17) is 9.47 Å². The molecule has 156 valence electrons. The summed E-state index contributed by atoms with van der Waals surface area (Å²) in [4.78, 5) is 27.4. The first-order valence-electron chi connectivity index (χ1n) is 10.9. The molecule has 1 aromatic carbocycles. The van der Waals surface area contributed by atoms with E-state index in [9.17, 15) is 9.59 Å². The highest BCUT2D eigenvalue weighted by atomic mass is 16.5. The first kappa shape index (κ1) is 18.9. The standard InChI is InChI=1S/C23H30N2O4/c1-25-20(26)23(24-21(25)27)19-13-18(29-17-5-3-4-6-17)8-7-15(19)14-22(23)11-9-16(28-2)10-12-22/h7-8,13,16-17H,3-6,9-12,14H2,1-2H3,(H,24,27). The van der Waals surface area contributed by atoms with Crippen LogP contribution >= 0.6 is 0 Å². The van der Waals surface area contributed by atoms with E-state index in [1.54, 1.807) is 14.2 Å². The van der Waals surface area contributed by atoms with Crippen LogP contribution in [0.1, 0.15) is 62.5 Å². The number of carbonyl (C=O) groups is 2. The molecule has 1 saturated heterocycles. The number of amides is 3. The van der Waals surface area contributed by atoms with Crippen LogP contribution < -0.4 is 10.1 Å². The average molecular weight is 399 g/mol. The number of rotatable bonds is 3. The van der Waals surface area contributed by atoms with Gasteiger partial charge in [0, 0.05) is 19.6 Å². The number of carbonyl (C=O) groups excluding carboxylic acids is 2. The van der Waals surface area contributed by atoms with Crippen molar-refractivity contribution in [2.45, 2.75) is 75.5 Å². The molecule has 5 rings (SSSR count). The second kappa shape index (κ2) is 6.73. The van der Waals surface area contributed by atoms with Gasteiger partial charge in [-0.3, -0.25) is 9.69 Å². The van der Waals surface area contributed by atoms with Crippen LogP contribution in [0, 0.1) is 5.41 Å². The predicted octanol–water partition coefficient (Wildman–Crippen LogP) is 3.52. The summed E-state index contributed by atoms with van der Waals surface area (Å²) in [6.07, 6.45) is 9.42. The first-order chi connectivity index (χ1) is 14.0. The fourth-order valence-electron chi connectivity index (χ4n) is 6.23. The third-order valence-electron chi connectivity index (χ3n) is 7.86. The van der Waals surface area contributed by atoms with Crippen LogP contribution in [0.15, 0.2) is 18.2 Å². The normalized spacial score (nSPS) is 34.3. The van der Waals surface area contributed by atoms with Crippen molar-refractivity contribution in [1.82, 2.24) is 10.2 Å². The van der Waals surface area contributed by atoms with Crippen LogP contribution in [0.4, 0.5) is 4.79 Å². The van der Waals surface area contributed by atoms with Crippen LogP contribution in [0.5, 0.6) is 5.75 Å². The number of hydrogen-bond donors (Lipinski definition) is 1. The highest BCUT2D eigenvalue weighted by molar-refractivity contribution is 6.08. The smallest absolute Gasteiger partial charge is 0.325 e. The lowest BCUT2D eigenvalue weighted by Gasteiger charge is -2.46. The lowest BCUT2D eigenvalue weighted by molar-refractivity contribution is -0.137. The van der Waals surface area contributed by atoms with Crippen molar-refractivity contribution in [3.8, 4) is 5.75 Å². The van der Waals surface area contributed by atoms with Gasteiger partial charge in [0.25, 0.3) is 5.91 Å². The number of urea groups is 1. The maximum Gasteiger partial charge on any atom is 0.325 e. The number of fused-ring (bicyclic) bond motifs is 3. The number of nitrogens with zero attached hydrogens (tertiary/aromatic N) is 1. The fourth-order valence-corrected chi connectivity index (χ4v) is 6.23. The number of ether oxygens (including phenoxy) is 2. The molecule has 6 heteroatoms. The summed E-state index contributed by atoms with van der Waals surface area (Å²) in [5.41, 5.74) is 0.811. The van der Waals surface area contributed by atoms with E-state index in [1.807, 2.05) is 12.1 Å². The molecule has 2 spiro atoms. The van der Waals surface area contributed by atoms with E-state index in [1.165, 1.54) is 17.7 Å². The molecule has 0 aromatic heterocycles. The molecule has 0 bridgehead atoms. The molecule has 1 N–H and O–H groups in total. The van der Waals surface area contributed by atoms with Crippen molar-refractivity contribution in [1.29, 1.82) is 0 Å². The van der Waals surface area contributed by atoms with Gasteiger partial charge in [0.2, 0.25) is 0 Å². The highest BCUT2D eigenvalue weighted by Gasteiger charge is 2.67. The number of hydrogen-bond acceptors (Lipinski definition) is 4. The number of likely N-dealkylation sites (N-methyl/N-ethyl adjacent to an activating group) is 1. The second-order valence-corrected chi connectivity index (χ2v) is 9.28. The van der Waals surface area contributed by atoms with Gasteiger partial charge in [-0.15, -0.1) is 0 Å². The van der Waals surface area contributed by atoms with Crippen molar-refractivity contribution in [2.75, 3.05) is 14.2 Å². The molecule has 0 radical (unpaired) electrons.